The molecule has 0 radical (unpaired) electrons. The highest BCUT2D eigenvalue weighted by Gasteiger charge is 2.15. The van der Waals surface area contributed by atoms with Gasteiger partial charge in [0.25, 0.3) is 0 Å². The van der Waals surface area contributed by atoms with Crippen molar-refractivity contribution in [1.29, 1.82) is 0 Å². The van der Waals surface area contributed by atoms with Crippen molar-refractivity contribution in [1.82, 2.24) is 5.32 Å². The minimum absolute atomic E-state index is 0.0418. The molecule has 0 amide bonds. The van der Waals surface area contributed by atoms with Crippen molar-refractivity contribution in [3.05, 3.63) is 70.2 Å². The lowest BCUT2D eigenvalue weighted by atomic mass is 9.98. The molecule has 2 aromatic rings. The van der Waals surface area contributed by atoms with Gasteiger partial charge in [-0.2, -0.15) is 0 Å². The van der Waals surface area contributed by atoms with E-state index in [1.54, 1.807) is 30.3 Å². The maximum Gasteiger partial charge on any atom is 0.145 e. The van der Waals surface area contributed by atoms with E-state index in [1.807, 2.05) is 6.92 Å². The summed E-state index contributed by atoms with van der Waals surface area (Å²) in [7, 11) is 0. The summed E-state index contributed by atoms with van der Waals surface area (Å²) in [6, 6.07) is 11.6. The fraction of sp³-hybridized carbons (Fsp3) is 0.294. The molecule has 1 atom stereocenters. The molecule has 0 aliphatic carbocycles. The van der Waals surface area contributed by atoms with Gasteiger partial charge in [-0.15, -0.1) is 0 Å². The fourth-order valence-corrected chi connectivity index (χ4v) is 2.60. The van der Waals surface area contributed by atoms with Gasteiger partial charge in [0, 0.05) is 6.04 Å². The molecule has 1 unspecified atom stereocenters. The van der Waals surface area contributed by atoms with Gasteiger partial charge in [-0.3, -0.25) is 0 Å². The highest BCUT2D eigenvalue weighted by molar-refractivity contribution is 6.30. The van der Waals surface area contributed by atoms with E-state index >= 15 is 0 Å². The third kappa shape index (κ3) is 4.26. The van der Waals surface area contributed by atoms with E-state index in [-0.39, 0.29) is 16.9 Å². The second-order valence-electron chi connectivity index (χ2n) is 4.97. The van der Waals surface area contributed by atoms with Crippen LogP contribution in [0, 0.1) is 11.6 Å². The molecule has 0 saturated carbocycles. The number of hydrogen-bond acceptors (Lipinski definition) is 1. The molecule has 0 spiro atoms. The predicted octanol–water partition coefficient (Wildman–Crippen LogP) is 4.38. The molecule has 0 aromatic heterocycles. The summed E-state index contributed by atoms with van der Waals surface area (Å²) in [6.45, 7) is 2.71. The van der Waals surface area contributed by atoms with Gasteiger partial charge < -0.3 is 5.32 Å². The molecule has 0 aliphatic rings. The number of nitrogens with one attached hydrogen (secondary N) is 1. The second-order valence-corrected chi connectivity index (χ2v) is 5.37. The Morgan fingerprint density at radius 1 is 1.00 bits per heavy atom. The zero-order valence-corrected chi connectivity index (χ0v) is 12.6. The third-order valence-electron chi connectivity index (χ3n) is 3.41. The Morgan fingerprint density at radius 2 is 1.67 bits per heavy atom. The molecule has 21 heavy (non-hydrogen) atoms. The highest BCUT2D eigenvalue weighted by atomic mass is 35.5. The van der Waals surface area contributed by atoms with Gasteiger partial charge in [-0.1, -0.05) is 48.9 Å². The third-order valence-corrected chi connectivity index (χ3v) is 3.71. The smallest absolute Gasteiger partial charge is 0.145 e. The van der Waals surface area contributed by atoms with Crippen molar-refractivity contribution >= 4 is 11.6 Å². The predicted molar refractivity (Wildman–Crippen MR) is 82.7 cm³/mol. The lowest BCUT2D eigenvalue weighted by Crippen LogP contribution is -2.33. The fourth-order valence-electron chi connectivity index (χ4n) is 2.41. The Hall–Kier alpha value is -1.45. The van der Waals surface area contributed by atoms with E-state index in [2.05, 4.69) is 5.32 Å². The van der Waals surface area contributed by atoms with Crippen LogP contribution >= 0.6 is 11.6 Å². The van der Waals surface area contributed by atoms with Crippen LogP contribution in [0.25, 0.3) is 0 Å². The molecule has 4 heteroatoms. The van der Waals surface area contributed by atoms with E-state index in [4.69, 9.17) is 11.6 Å². The molecule has 0 aliphatic heterocycles. The molecule has 112 valence electrons. The Morgan fingerprint density at radius 3 is 2.38 bits per heavy atom. The first kappa shape index (κ1) is 15.9. The van der Waals surface area contributed by atoms with Crippen LogP contribution in [0.1, 0.15) is 18.1 Å². The molecular weight excluding hydrogens is 292 g/mol. The first-order valence-corrected chi connectivity index (χ1v) is 7.39. The monoisotopic (exact) mass is 309 g/mol. The van der Waals surface area contributed by atoms with Crippen molar-refractivity contribution in [2.45, 2.75) is 25.8 Å². The van der Waals surface area contributed by atoms with Crippen LogP contribution in [-0.4, -0.2) is 12.6 Å². The van der Waals surface area contributed by atoms with Gasteiger partial charge in [0.2, 0.25) is 0 Å². The van der Waals surface area contributed by atoms with Crippen LogP contribution in [0.4, 0.5) is 8.78 Å². The Bertz CT molecular complexity index is 601. The van der Waals surface area contributed by atoms with Crippen molar-refractivity contribution in [3.63, 3.8) is 0 Å². The van der Waals surface area contributed by atoms with E-state index < -0.39 is 5.82 Å². The lowest BCUT2D eigenvalue weighted by Gasteiger charge is -2.19. The summed E-state index contributed by atoms with van der Waals surface area (Å²) in [6.07, 6.45) is 0.973. The maximum absolute atomic E-state index is 14.0. The van der Waals surface area contributed by atoms with Crippen LogP contribution in [0.2, 0.25) is 5.02 Å². The number of benzene rings is 2. The minimum Gasteiger partial charge on any atom is -0.314 e. The molecule has 2 aromatic carbocycles. The molecule has 0 bridgehead atoms. The average molecular weight is 310 g/mol. The SMILES string of the molecule is CCNC(Cc1ccccc1F)Cc1cccc(Cl)c1F. The van der Waals surface area contributed by atoms with Crippen molar-refractivity contribution in [2.24, 2.45) is 0 Å². The van der Waals surface area contributed by atoms with E-state index in [0.29, 0.717) is 24.0 Å². The van der Waals surface area contributed by atoms with Gasteiger partial charge in [-0.05, 0) is 42.6 Å². The molecule has 0 fully saturated rings. The van der Waals surface area contributed by atoms with Gasteiger partial charge in [-0.25, -0.2) is 8.78 Å². The molecule has 1 nitrogen and oxygen atoms in total. The summed E-state index contributed by atoms with van der Waals surface area (Å²) in [5.74, 6) is -0.623. The molecule has 2 rings (SSSR count). The van der Waals surface area contributed by atoms with Gasteiger partial charge >= 0.3 is 0 Å². The summed E-state index contributed by atoms with van der Waals surface area (Å²) < 4.78 is 27.7. The molecule has 1 N–H and O–H groups in total. The number of likely N-dealkylation sites (N-methyl/N-ethyl adjacent to an activating group) is 1. The topological polar surface area (TPSA) is 12.0 Å². The average Bonchev–Trinajstić information content (AvgIpc) is 2.46. The number of hydrogen-bond donors (Lipinski definition) is 1. The van der Waals surface area contributed by atoms with E-state index in [1.165, 1.54) is 12.1 Å². The summed E-state index contributed by atoms with van der Waals surface area (Å²) >= 11 is 5.80. The first-order valence-electron chi connectivity index (χ1n) is 7.01. The van der Waals surface area contributed by atoms with E-state index in [9.17, 15) is 8.78 Å². The summed E-state index contributed by atoms with van der Waals surface area (Å²) in [5, 5.41) is 3.40. The Kier molecular flexibility index (Phi) is 5.71. The largest absolute Gasteiger partial charge is 0.314 e. The van der Waals surface area contributed by atoms with Crippen LogP contribution in [0.3, 0.4) is 0 Å². The maximum atomic E-state index is 14.0. The van der Waals surface area contributed by atoms with Crippen molar-refractivity contribution < 1.29 is 8.78 Å². The Labute approximate surface area is 128 Å². The van der Waals surface area contributed by atoms with Crippen LogP contribution in [0.5, 0.6) is 0 Å². The normalized spacial score (nSPS) is 12.4. The zero-order chi connectivity index (χ0) is 15.2. The lowest BCUT2D eigenvalue weighted by molar-refractivity contribution is 0.494. The van der Waals surface area contributed by atoms with Crippen LogP contribution < -0.4 is 5.32 Å². The number of halogens is 3. The minimum atomic E-state index is -0.393. The zero-order valence-electron chi connectivity index (χ0n) is 11.9. The van der Waals surface area contributed by atoms with Crippen LogP contribution in [0.15, 0.2) is 42.5 Å². The quantitative estimate of drug-likeness (QED) is 0.835. The standard InChI is InChI=1S/C17H18ClF2N/c1-2-21-14(10-12-6-3-4-9-16(12)19)11-13-7-5-8-15(18)17(13)20/h3-9,14,21H,2,10-11H2,1H3. The van der Waals surface area contributed by atoms with E-state index in [0.717, 1.165) is 6.54 Å². The van der Waals surface area contributed by atoms with Gasteiger partial charge in [0.15, 0.2) is 0 Å². The van der Waals surface area contributed by atoms with Crippen molar-refractivity contribution in [2.75, 3.05) is 6.54 Å². The molecule has 0 heterocycles. The summed E-state index contributed by atoms with van der Waals surface area (Å²) in [5.41, 5.74) is 1.18. The first-order chi connectivity index (χ1) is 10.1. The van der Waals surface area contributed by atoms with Crippen molar-refractivity contribution in [3.8, 4) is 0 Å². The number of rotatable bonds is 6. The van der Waals surface area contributed by atoms with Crippen LogP contribution in [-0.2, 0) is 12.8 Å². The summed E-state index contributed by atoms with van der Waals surface area (Å²) in [4.78, 5) is 0. The van der Waals surface area contributed by atoms with Gasteiger partial charge in [0.1, 0.15) is 11.6 Å². The Balaban J connectivity index is 2.16. The van der Waals surface area contributed by atoms with Gasteiger partial charge in [0.05, 0.1) is 5.02 Å². The molecule has 0 saturated heterocycles. The highest BCUT2D eigenvalue weighted by Crippen LogP contribution is 2.20. The second kappa shape index (κ2) is 7.53. The molecular formula is C17H18ClF2N.